The summed E-state index contributed by atoms with van der Waals surface area (Å²) in [4.78, 5) is 27.1. The van der Waals surface area contributed by atoms with Gasteiger partial charge >= 0.3 is 11.9 Å². The summed E-state index contributed by atoms with van der Waals surface area (Å²) in [5, 5.41) is 0. The van der Waals surface area contributed by atoms with Crippen molar-refractivity contribution in [2.75, 3.05) is 13.2 Å². The topological polar surface area (TPSA) is 60.4 Å². The summed E-state index contributed by atoms with van der Waals surface area (Å²) in [5.74, 6) is -0.664. The number of hydrogen-bond acceptors (Lipinski definition) is 6. The van der Waals surface area contributed by atoms with Crippen LogP contribution < -0.4 is 9.13 Å². The number of hydrogen-bond donors (Lipinski definition) is 0. The lowest BCUT2D eigenvalue weighted by Gasteiger charge is -2.05. The molecule has 0 aliphatic rings. The van der Waals surface area contributed by atoms with Gasteiger partial charge in [0, 0.05) is 39.5 Å². The van der Waals surface area contributed by atoms with E-state index in [4.69, 9.17) is 9.47 Å². The number of aromatic nitrogens is 2. The highest BCUT2D eigenvalue weighted by Crippen LogP contribution is 2.16. The van der Waals surface area contributed by atoms with Gasteiger partial charge in [-0.1, -0.05) is 139 Å². The fraction of sp³-hybridized carbons (Fsp3) is 0.800. The SMILES string of the molecule is CCCCCCCCCCCC[n+]1csc(CCOC(=O)CCC(=O)OCCc2sc[n+](CCCCCCCCCCCC)c2C)c1C. The highest BCUT2D eigenvalue weighted by molar-refractivity contribution is 7.09. The predicted octanol–water partition coefficient (Wildman–Crippen LogP) is 10.5. The fourth-order valence-electron chi connectivity index (χ4n) is 6.23. The zero-order valence-electron chi connectivity index (χ0n) is 31.3. The lowest BCUT2D eigenvalue weighted by molar-refractivity contribution is -0.698. The minimum atomic E-state index is -0.332. The third-order valence-corrected chi connectivity index (χ3v) is 11.8. The average molecular weight is 707 g/mol. The van der Waals surface area contributed by atoms with Crippen LogP contribution in [-0.4, -0.2) is 25.2 Å². The Balaban J connectivity index is 1.49. The van der Waals surface area contributed by atoms with E-state index >= 15 is 0 Å². The molecule has 0 aliphatic carbocycles. The maximum absolute atomic E-state index is 12.3. The van der Waals surface area contributed by atoms with E-state index < -0.39 is 0 Å². The van der Waals surface area contributed by atoms with E-state index in [1.165, 1.54) is 150 Å². The van der Waals surface area contributed by atoms with Gasteiger partial charge in [0.05, 0.1) is 35.8 Å². The maximum Gasteiger partial charge on any atom is 0.306 e. The summed E-state index contributed by atoms with van der Waals surface area (Å²) in [7, 11) is 0. The van der Waals surface area contributed by atoms with E-state index in [9.17, 15) is 9.59 Å². The van der Waals surface area contributed by atoms with Gasteiger partial charge in [0.1, 0.15) is 13.1 Å². The van der Waals surface area contributed by atoms with Crippen LogP contribution >= 0.6 is 22.7 Å². The first-order valence-electron chi connectivity index (χ1n) is 19.7. The van der Waals surface area contributed by atoms with E-state index in [0.717, 1.165) is 25.9 Å². The molecule has 0 radical (unpaired) electrons. The number of rotatable bonds is 31. The molecular formula is C40H70N2O4S2+2. The molecule has 0 aromatic carbocycles. The summed E-state index contributed by atoms with van der Waals surface area (Å²) < 4.78 is 15.6. The molecule has 2 heterocycles. The van der Waals surface area contributed by atoms with E-state index in [1.54, 1.807) is 22.7 Å². The molecule has 6 nitrogen and oxygen atoms in total. The van der Waals surface area contributed by atoms with Crippen molar-refractivity contribution >= 4 is 34.6 Å². The summed E-state index contributed by atoms with van der Waals surface area (Å²) in [5.41, 5.74) is 6.96. The number of aryl methyl sites for hydroxylation is 2. The van der Waals surface area contributed by atoms with Gasteiger partial charge in [-0.15, -0.1) is 0 Å². The number of carbonyl (C=O) groups excluding carboxylic acids is 2. The largest absolute Gasteiger partial charge is 0.465 e. The van der Waals surface area contributed by atoms with Crippen LogP contribution in [0.15, 0.2) is 11.0 Å². The first-order valence-corrected chi connectivity index (χ1v) is 21.5. The molecular weight excluding hydrogens is 637 g/mol. The number of esters is 2. The second-order valence-electron chi connectivity index (χ2n) is 13.7. The number of nitrogens with zero attached hydrogens (tertiary/aromatic N) is 2. The second kappa shape index (κ2) is 28.0. The van der Waals surface area contributed by atoms with Gasteiger partial charge in [0.2, 0.25) is 11.0 Å². The Labute approximate surface area is 302 Å². The van der Waals surface area contributed by atoms with Crippen LogP contribution in [0.4, 0.5) is 0 Å². The first kappa shape index (κ1) is 42.4. The molecule has 0 spiro atoms. The normalized spacial score (nSPS) is 11.3. The minimum Gasteiger partial charge on any atom is -0.465 e. The quantitative estimate of drug-likeness (QED) is 0.0445. The van der Waals surface area contributed by atoms with Crippen LogP contribution in [-0.2, 0) is 45.0 Å². The molecule has 0 fully saturated rings. The van der Waals surface area contributed by atoms with Crippen molar-refractivity contribution in [2.24, 2.45) is 0 Å². The van der Waals surface area contributed by atoms with Crippen molar-refractivity contribution in [3.8, 4) is 0 Å². The van der Waals surface area contributed by atoms with Gasteiger partial charge in [-0.25, -0.2) is 0 Å². The number of carbonyl (C=O) groups is 2. The van der Waals surface area contributed by atoms with Crippen LogP contribution in [0.3, 0.4) is 0 Å². The van der Waals surface area contributed by atoms with Crippen molar-refractivity contribution in [2.45, 2.75) is 195 Å². The molecule has 0 saturated carbocycles. The molecule has 0 saturated heterocycles. The Morgan fingerprint density at radius 1 is 0.521 bits per heavy atom. The Bertz CT molecular complexity index is 1030. The van der Waals surface area contributed by atoms with Crippen LogP contribution in [0.2, 0.25) is 0 Å². The zero-order valence-corrected chi connectivity index (χ0v) is 32.9. The number of ether oxygens (including phenoxy) is 2. The fourth-order valence-corrected chi connectivity index (χ4v) is 8.24. The van der Waals surface area contributed by atoms with Gasteiger partial charge < -0.3 is 9.47 Å². The standard InChI is InChI=1S/C40H70N2O4S2/c1-5-7-9-11-13-15-17-19-21-23-29-41-33-47-37(35(41)3)27-31-45-39(43)25-26-40(44)46-32-28-38-36(4)42(34-48-38)30-24-22-20-18-16-14-12-10-8-6-2/h33-34H,5-32H2,1-4H3/q+2. The molecule has 0 atom stereocenters. The van der Waals surface area contributed by atoms with Gasteiger partial charge in [0.15, 0.2) is 11.4 Å². The second-order valence-corrected chi connectivity index (χ2v) is 15.5. The van der Waals surface area contributed by atoms with Crippen molar-refractivity contribution in [1.29, 1.82) is 0 Å². The first-order chi connectivity index (χ1) is 23.5. The van der Waals surface area contributed by atoms with Gasteiger partial charge in [-0.05, 0) is 12.8 Å². The van der Waals surface area contributed by atoms with Crippen molar-refractivity contribution in [3.05, 3.63) is 32.2 Å². The van der Waals surface area contributed by atoms with Crippen LogP contribution in [0.1, 0.15) is 176 Å². The Morgan fingerprint density at radius 3 is 1.17 bits per heavy atom. The van der Waals surface area contributed by atoms with Crippen LogP contribution in [0.5, 0.6) is 0 Å². The Hall–Kier alpha value is -1.80. The summed E-state index contributed by atoms with van der Waals surface area (Å²) in [6.45, 7) is 11.7. The molecule has 2 aromatic heterocycles. The number of thiazole rings is 2. The van der Waals surface area contributed by atoms with Crippen molar-refractivity contribution in [3.63, 3.8) is 0 Å². The average Bonchev–Trinajstić information content (AvgIpc) is 3.62. The molecule has 0 bridgehead atoms. The highest BCUT2D eigenvalue weighted by Gasteiger charge is 2.17. The molecule has 2 aromatic rings. The summed E-state index contributed by atoms with van der Waals surface area (Å²) in [6.07, 6.45) is 28.5. The molecule has 274 valence electrons. The van der Waals surface area contributed by atoms with E-state index in [-0.39, 0.29) is 24.8 Å². The highest BCUT2D eigenvalue weighted by atomic mass is 32.1. The van der Waals surface area contributed by atoms with Gasteiger partial charge in [0.25, 0.3) is 0 Å². The molecule has 0 N–H and O–H groups in total. The monoisotopic (exact) mass is 706 g/mol. The third kappa shape index (κ3) is 19.4. The minimum absolute atomic E-state index is 0.0673. The molecule has 0 amide bonds. The predicted molar refractivity (Wildman–Crippen MR) is 201 cm³/mol. The molecule has 8 heteroatoms. The Morgan fingerprint density at radius 2 is 0.833 bits per heavy atom. The molecule has 2 rings (SSSR count). The van der Waals surface area contributed by atoms with Crippen molar-refractivity contribution < 1.29 is 28.2 Å². The molecule has 48 heavy (non-hydrogen) atoms. The maximum atomic E-state index is 12.3. The van der Waals surface area contributed by atoms with Crippen molar-refractivity contribution in [1.82, 2.24) is 0 Å². The lowest BCUT2D eigenvalue weighted by Crippen LogP contribution is -2.34. The molecule has 0 unspecified atom stereocenters. The number of unbranched alkanes of at least 4 members (excludes halogenated alkanes) is 18. The lowest BCUT2D eigenvalue weighted by atomic mass is 10.1. The summed E-state index contributed by atoms with van der Waals surface area (Å²) >= 11 is 3.49. The zero-order chi connectivity index (χ0) is 34.7. The Kier molecular flexibility index (Phi) is 24.7. The van der Waals surface area contributed by atoms with E-state index in [0.29, 0.717) is 13.2 Å². The smallest absolute Gasteiger partial charge is 0.306 e. The third-order valence-electron chi connectivity index (χ3n) is 9.54. The van der Waals surface area contributed by atoms with E-state index in [2.05, 4.69) is 47.9 Å². The van der Waals surface area contributed by atoms with Gasteiger partial charge in [-0.3, -0.25) is 9.59 Å². The molecule has 0 aliphatic heterocycles. The van der Waals surface area contributed by atoms with Gasteiger partial charge in [-0.2, -0.15) is 9.13 Å². The van der Waals surface area contributed by atoms with E-state index in [1.807, 2.05) is 0 Å². The van der Waals surface area contributed by atoms with Crippen LogP contribution in [0.25, 0.3) is 0 Å². The van der Waals surface area contributed by atoms with Crippen LogP contribution in [0, 0.1) is 13.8 Å². The summed E-state index contributed by atoms with van der Waals surface area (Å²) in [6, 6.07) is 0.